The number of ether oxygens (including phenoxy) is 2. The molecule has 1 heterocycles. The molecular formula is C23H20FNO4S. The first kappa shape index (κ1) is 21.2. The lowest BCUT2D eigenvalue weighted by molar-refractivity contribution is 0.00664. The normalized spacial score (nSPS) is 10.8. The van der Waals surface area contributed by atoms with Crippen LogP contribution in [0.15, 0.2) is 47.2 Å². The number of carbonyl (C=O) groups excluding carboxylic acids is 1. The zero-order chi connectivity index (χ0) is 21.9. The summed E-state index contributed by atoms with van der Waals surface area (Å²) in [6, 6.07) is 8.49. The highest BCUT2D eigenvalue weighted by Gasteiger charge is 2.25. The van der Waals surface area contributed by atoms with Crippen LogP contribution in [0.25, 0.3) is 0 Å². The zero-order valence-electron chi connectivity index (χ0n) is 16.7. The molecule has 0 aliphatic rings. The van der Waals surface area contributed by atoms with E-state index in [2.05, 4.69) is 11.8 Å². The van der Waals surface area contributed by atoms with Gasteiger partial charge in [-0.15, -0.1) is 0 Å². The molecule has 0 aliphatic carbocycles. The number of benzene rings is 2. The van der Waals surface area contributed by atoms with Gasteiger partial charge in [0, 0.05) is 28.3 Å². The molecule has 0 bridgehead atoms. The second-order valence-electron chi connectivity index (χ2n) is 7.43. The van der Waals surface area contributed by atoms with E-state index in [1.807, 2.05) is 16.8 Å². The summed E-state index contributed by atoms with van der Waals surface area (Å²) in [5.41, 5.74) is 6.11. The van der Waals surface area contributed by atoms with Crippen molar-refractivity contribution in [3.63, 3.8) is 0 Å². The summed E-state index contributed by atoms with van der Waals surface area (Å²) in [6.45, 7) is 5.14. The third-order valence-electron chi connectivity index (χ3n) is 3.73. The quantitative estimate of drug-likeness (QED) is 0.337. The van der Waals surface area contributed by atoms with Crippen LogP contribution in [0.5, 0.6) is 17.2 Å². The van der Waals surface area contributed by atoms with Gasteiger partial charge in [0.15, 0.2) is 23.1 Å². The molecule has 30 heavy (non-hydrogen) atoms. The number of nitrogens with two attached hydrogens (primary N) is 1. The largest absolute Gasteiger partial charge is 0.504 e. The van der Waals surface area contributed by atoms with E-state index < -0.39 is 17.4 Å². The molecule has 154 valence electrons. The van der Waals surface area contributed by atoms with Crippen molar-refractivity contribution in [2.75, 3.05) is 5.73 Å². The Balaban J connectivity index is 2.06. The lowest BCUT2D eigenvalue weighted by Crippen LogP contribution is -2.24. The van der Waals surface area contributed by atoms with Gasteiger partial charge in [0.1, 0.15) is 11.2 Å². The average molecular weight is 425 g/mol. The van der Waals surface area contributed by atoms with Gasteiger partial charge in [0.05, 0.1) is 0 Å². The monoisotopic (exact) mass is 425 g/mol. The number of aromatic hydroxyl groups is 1. The molecule has 3 N–H and O–H groups in total. The SMILES string of the molecule is CC(C)(C)OC(=O)c1cc(C#Cc2ccsc2)cc(O)c1Oc1ccc(N)cc1F. The molecular weight excluding hydrogens is 405 g/mol. The second-order valence-corrected chi connectivity index (χ2v) is 8.21. The van der Waals surface area contributed by atoms with Crippen molar-refractivity contribution in [1.29, 1.82) is 0 Å². The number of hydrogen-bond acceptors (Lipinski definition) is 6. The van der Waals surface area contributed by atoms with Crippen molar-refractivity contribution in [3.05, 3.63) is 69.7 Å². The predicted molar refractivity (Wildman–Crippen MR) is 114 cm³/mol. The van der Waals surface area contributed by atoms with Crippen molar-refractivity contribution in [3.8, 4) is 29.1 Å². The van der Waals surface area contributed by atoms with Crippen LogP contribution < -0.4 is 10.5 Å². The molecule has 0 atom stereocenters. The van der Waals surface area contributed by atoms with Crippen LogP contribution in [-0.2, 0) is 4.74 Å². The van der Waals surface area contributed by atoms with Crippen LogP contribution in [0.1, 0.15) is 42.3 Å². The Morgan fingerprint density at radius 2 is 1.87 bits per heavy atom. The van der Waals surface area contributed by atoms with Crippen molar-refractivity contribution < 1.29 is 23.8 Å². The molecule has 1 aromatic heterocycles. The third kappa shape index (κ3) is 5.31. The summed E-state index contributed by atoms with van der Waals surface area (Å²) >= 11 is 1.51. The Morgan fingerprint density at radius 3 is 2.50 bits per heavy atom. The summed E-state index contributed by atoms with van der Waals surface area (Å²) < 4.78 is 25.2. The Hall–Kier alpha value is -3.50. The lowest BCUT2D eigenvalue weighted by Gasteiger charge is -2.21. The molecule has 0 spiro atoms. The number of thiophene rings is 1. The van der Waals surface area contributed by atoms with Gasteiger partial charge < -0.3 is 20.3 Å². The summed E-state index contributed by atoms with van der Waals surface area (Å²) in [6.07, 6.45) is 0. The van der Waals surface area contributed by atoms with E-state index in [-0.39, 0.29) is 28.5 Å². The lowest BCUT2D eigenvalue weighted by atomic mass is 10.1. The van der Waals surface area contributed by atoms with Gasteiger partial charge in [0.2, 0.25) is 0 Å². The number of phenols is 1. The van der Waals surface area contributed by atoms with Crippen LogP contribution in [0.3, 0.4) is 0 Å². The van der Waals surface area contributed by atoms with Crippen LogP contribution in [-0.4, -0.2) is 16.7 Å². The highest BCUT2D eigenvalue weighted by Crippen LogP contribution is 2.37. The van der Waals surface area contributed by atoms with Gasteiger partial charge >= 0.3 is 5.97 Å². The fraction of sp³-hybridized carbons (Fsp3) is 0.174. The standard InChI is InChI=1S/C23H20FNO4S/c1-23(2,3)29-22(27)17-10-15(5-4-14-8-9-30-13-14)11-19(26)21(17)28-20-7-6-16(25)12-18(20)24/h6-13,26H,25H2,1-3H3. The molecule has 2 aromatic carbocycles. The van der Waals surface area contributed by atoms with E-state index in [0.717, 1.165) is 11.6 Å². The van der Waals surface area contributed by atoms with E-state index in [1.54, 1.807) is 20.8 Å². The van der Waals surface area contributed by atoms with Crippen molar-refractivity contribution in [1.82, 2.24) is 0 Å². The fourth-order valence-electron chi connectivity index (χ4n) is 2.47. The minimum atomic E-state index is -0.783. The third-order valence-corrected chi connectivity index (χ3v) is 4.41. The van der Waals surface area contributed by atoms with Crippen LogP contribution in [0, 0.1) is 17.7 Å². The second kappa shape index (κ2) is 8.47. The predicted octanol–water partition coefficient (Wildman–Crippen LogP) is 5.32. The van der Waals surface area contributed by atoms with Gasteiger partial charge in [-0.05, 0) is 56.5 Å². The Bertz CT molecular complexity index is 1140. The number of nitrogen functional groups attached to an aromatic ring is 1. The molecule has 0 saturated carbocycles. The molecule has 0 unspecified atom stereocenters. The summed E-state index contributed by atoms with van der Waals surface area (Å²) in [7, 11) is 0. The van der Waals surface area contributed by atoms with Gasteiger partial charge in [-0.2, -0.15) is 11.3 Å². The summed E-state index contributed by atoms with van der Waals surface area (Å²) in [5.74, 6) is 3.59. The molecule has 0 fully saturated rings. The van der Waals surface area contributed by atoms with E-state index in [1.165, 1.54) is 35.6 Å². The van der Waals surface area contributed by atoms with E-state index in [4.69, 9.17) is 15.2 Å². The first-order valence-corrected chi connectivity index (χ1v) is 9.94. The smallest absolute Gasteiger partial charge is 0.342 e. The number of carbonyl (C=O) groups is 1. The Kier molecular flexibility index (Phi) is 5.99. The van der Waals surface area contributed by atoms with Crippen molar-refractivity contribution in [2.45, 2.75) is 26.4 Å². The number of phenolic OH excluding ortho intramolecular Hbond substituents is 1. The fourth-order valence-corrected chi connectivity index (χ4v) is 3.06. The molecule has 0 aliphatic heterocycles. The Morgan fingerprint density at radius 1 is 1.13 bits per heavy atom. The maximum absolute atomic E-state index is 14.2. The first-order valence-electron chi connectivity index (χ1n) is 9.00. The average Bonchev–Trinajstić information content (AvgIpc) is 3.15. The topological polar surface area (TPSA) is 81.8 Å². The van der Waals surface area contributed by atoms with Crippen LogP contribution in [0.2, 0.25) is 0 Å². The highest BCUT2D eigenvalue weighted by atomic mass is 32.1. The van der Waals surface area contributed by atoms with E-state index in [9.17, 15) is 14.3 Å². The maximum Gasteiger partial charge on any atom is 0.342 e. The Labute approximate surface area is 177 Å². The van der Waals surface area contributed by atoms with Gasteiger partial charge in [0.25, 0.3) is 0 Å². The maximum atomic E-state index is 14.2. The minimum absolute atomic E-state index is 0.0734. The van der Waals surface area contributed by atoms with Gasteiger partial charge in [-0.1, -0.05) is 11.8 Å². The number of anilines is 1. The highest BCUT2D eigenvalue weighted by molar-refractivity contribution is 7.08. The van der Waals surface area contributed by atoms with E-state index >= 15 is 0 Å². The molecule has 0 radical (unpaired) electrons. The molecule has 3 aromatic rings. The number of esters is 1. The summed E-state index contributed by atoms with van der Waals surface area (Å²) in [5, 5.41) is 14.3. The van der Waals surface area contributed by atoms with Crippen LogP contribution in [0.4, 0.5) is 10.1 Å². The molecule has 5 nitrogen and oxygen atoms in total. The van der Waals surface area contributed by atoms with Crippen molar-refractivity contribution in [2.24, 2.45) is 0 Å². The zero-order valence-corrected chi connectivity index (χ0v) is 17.5. The molecule has 3 rings (SSSR count). The molecule has 7 heteroatoms. The number of hydrogen-bond donors (Lipinski definition) is 2. The summed E-state index contributed by atoms with van der Waals surface area (Å²) in [4.78, 5) is 12.8. The molecule has 0 amide bonds. The number of rotatable bonds is 3. The number of halogens is 1. The van der Waals surface area contributed by atoms with E-state index in [0.29, 0.717) is 5.56 Å². The first-order chi connectivity index (χ1) is 14.1. The van der Waals surface area contributed by atoms with Gasteiger partial charge in [-0.3, -0.25) is 0 Å². The van der Waals surface area contributed by atoms with Gasteiger partial charge in [-0.25, -0.2) is 9.18 Å². The van der Waals surface area contributed by atoms with Crippen LogP contribution >= 0.6 is 11.3 Å². The molecule has 0 saturated heterocycles. The van der Waals surface area contributed by atoms with Crippen molar-refractivity contribution >= 4 is 23.0 Å². The minimum Gasteiger partial charge on any atom is -0.504 e.